The minimum Gasteiger partial charge on any atom is -0.368 e. The Hall–Kier alpha value is -1.88. The third-order valence-corrected chi connectivity index (χ3v) is 3.51. The van der Waals surface area contributed by atoms with Crippen LogP contribution in [-0.4, -0.2) is 15.5 Å². The summed E-state index contributed by atoms with van der Waals surface area (Å²) in [6, 6.07) is 6.94. The summed E-state index contributed by atoms with van der Waals surface area (Å²) in [5.74, 6) is -0.283. The van der Waals surface area contributed by atoms with Gasteiger partial charge in [0, 0.05) is 0 Å². The highest BCUT2D eigenvalue weighted by Crippen LogP contribution is 2.24. The lowest BCUT2D eigenvalue weighted by Crippen LogP contribution is -2.48. The van der Waals surface area contributed by atoms with Crippen molar-refractivity contribution in [3.05, 3.63) is 40.4 Å². The van der Waals surface area contributed by atoms with Gasteiger partial charge >= 0.3 is 0 Å². The third kappa shape index (κ3) is 2.18. The van der Waals surface area contributed by atoms with E-state index >= 15 is 0 Å². The number of alkyl halides is 1. The van der Waals surface area contributed by atoms with E-state index in [1.807, 2.05) is 0 Å². The largest absolute Gasteiger partial charge is 0.368 e. The van der Waals surface area contributed by atoms with Crippen LogP contribution in [0.5, 0.6) is 0 Å². The van der Waals surface area contributed by atoms with Crippen molar-refractivity contribution < 1.29 is 4.79 Å². The average molecular weight is 294 g/mol. The normalized spacial score (nSPS) is 13.4. The van der Waals surface area contributed by atoms with Crippen LogP contribution in [0.1, 0.15) is 32.0 Å². The van der Waals surface area contributed by atoms with Crippen LogP contribution >= 0.6 is 11.6 Å². The molecule has 6 heteroatoms. The van der Waals surface area contributed by atoms with Gasteiger partial charge in [-0.2, -0.15) is 0 Å². The van der Waals surface area contributed by atoms with Gasteiger partial charge in [0.2, 0.25) is 5.91 Å². The highest BCUT2D eigenvalue weighted by molar-refractivity contribution is 6.20. The SMILES string of the molecule is CC(Cl)c1nc2ccccc2c(=O)n1C(C)(C)C(N)=O. The molecule has 1 aromatic carbocycles. The first-order valence-corrected chi connectivity index (χ1v) is 6.66. The quantitative estimate of drug-likeness (QED) is 0.878. The number of halogens is 1. The molecule has 0 aliphatic carbocycles. The Morgan fingerprint density at radius 3 is 2.55 bits per heavy atom. The van der Waals surface area contributed by atoms with Crippen LogP contribution < -0.4 is 11.3 Å². The number of hydrogen-bond donors (Lipinski definition) is 1. The zero-order valence-corrected chi connectivity index (χ0v) is 12.3. The van der Waals surface area contributed by atoms with E-state index in [2.05, 4.69) is 4.98 Å². The van der Waals surface area contributed by atoms with E-state index in [1.165, 1.54) is 4.57 Å². The molecular formula is C14H16ClN3O2. The molecule has 0 fully saturated rings. The van der Waals surface area contributed by atoms with E-state index in [0.29, 0.717) is 16.7 Å². The van der Waals surface area contributed by atoms with Gasteiger partial charge in [-0.05, 0) is 32.9 Å². The average Bonchev–Trinajstić information content (AvgIpc) is 2.37. The number of nitrogens with zero attached hydrogens (tertiary/aromatic N) is 2. The summed E-state index contributed by atoms with van der Waals surface area (Å²) in [5.41, 5.74) is 4.45. The smallest absolute Gasteiger partial charge is 0.262 e. The van der Waals surface area contributed by atoms with Crippen LogP contribution in [0.3, 0.4) is 0 Å². The minimum atomic E-state index is -1.20. The number of nitrogens with two attached hydrogens (primary N) is 1. The lowest BCUT2D eigenvalue weighted by Gasteiger charge is -2.27. The zero-order valence-electron chi connectivity index (χ0n) is 11.6. The van der Waals surface area contributed by atoms with Gasteiger partial charge in [-0.1, -0.05) is 12.1 Å². The Labute approximate surface area is 121 Å². The van der Waals surface area contributed by atoms with Gasteiger partial charge in [0.15, 0.2) is 0 Å². The second-order valence-electron chi connectivity index (χ2n) is 5.17. The fourth-order valence-corrected chi connectivity index (χ4v) is 2.21. The molecule has 20 heavy (non-hydrogen) atoms. The fourth-order valence-electron chi connectivity index (χ4n) is 2.07. The lowest BCUT2D eigenvalue weighted by atomic mass is 10.0. The van der Waals surface area contributed by atoms with Gasteiger partial charge in [0.25, 0.3) is 5.56 Å². The number of para-hydroxylation sites is 1. The highest BCUT2D eigenvalue weighted by atomic mass is 35.5. The maximum Gasteiger partial charge on any atom is 0.262 e. The molecule has 0 saturated carbocycles. The number of hydrogen-bond acceptors (Lipinski definition) is 3. The van der Waals surface area contributed by atoms with Crippen LogP contribution in [-0.2, 0) is 10.3 Å². The van der Waals surface area contributed by atoms with E-state index in [9.17, 15) is 9.59 Å². The molecule has 0 saturated heterocycles. The summed E-state index contributed by atoms with van der Waals surface area (Å²) in [5, 5.41) is -0.0891. The van der Waals surface area contributed by atoms with E-state index in [-0.39, 0.29) is 5.56 Å². The molecule has 106 valence electrons. The molecule has 2 rings (SSSR count). The van der Waals surface area contributed by atoms with Crippen LogP contribution in [0.4, 0.5) is 0 Å². The van der Waals surface area contributed by atoms with Crippen LogP contribution in [0.2, 0.25) is 0 Å². The Balaban J connectivity index is 2.95. The minimum absolute atomic E-state index is 0.318. The Morgan fingerprint density at radius 1 is 1.40 bits per heavy atom. The number of fused-ring (bicyclic) bond motifs is 1. The molecule has 0 radical (unpaired) electrons. The molecule has 2 aromatic rings. The Bertz CT molecular complexity index is 735. The molecule has 0 aliphatic rings. The lowest BCUT2D eigenvalue weighted by molar-refractivity contribution is -0.125. The number of benzene rings is 1. The van der Waals surface area contributed by atoms with Gasteiger partial charge in [-0.25, -0.2) is 4.98 Å². The molecule has 1 amide bonds. The standard InChI is InChI=1S/C14H16ClN3O2/c1-8(15)11-17-10-7-5-4-6-9(10)12(19)18(11)14(2,3)13(16)20/h4-8H,1-3H3,(H2,16,20). The van der Waals surface area contributed by atoms with Gasteiger partial charge < -0.3 is 5.73 Å². The topological polar surface area (TPSA) is 78.0 Å². The first kappa shape index (κ1) is 14.5. The van der Waals surface area contributed by atoms with Crippen molar-refractivity contribution in [2.75, 3.05) is 0 Å². The van der Waals surface area contributed by atoms with Crippen LogP contribution in [0, 0.1) is 0 Å². The third-order valence-electron chi connectivity index (χ3n) is 3.32. The van der Waals surface area contributed by atoms with E-state index < -0.39 is 16.8 Å². The molecule has 1 heterocycles. The van der Waals surface area contributed by atoms with E-state index in [1.54, 1.807) is 45.0 Å². The van der Waals surface area contributed by atoms with Crippen molar-refractivity contribution in [2.45, 2.75) is 31.7 Å². The van der Waals surface area contributed by atoms with Crippen molar-refractivity contribution in [3.63, 3.8) is 0 Å². The van der Waals surface area contributed by atoms with Crippen LogP contribution in [0.25, 0.3) is 10.9 Å². The van der Waals surface area contributed by atoms with Gasteiger partial charge in [-0.15, -0.1) is 11.6 Å². The van der Waals surface area contributed by atoms with Gasteiger partial charge in [0.05, 0.1) is 16.3 Å². The second-order valence-corrected chi connectivity index (χ2v) is 5.82. The molecule has 0 aliphatic heterocycles. The van der Waals surface area contributed by atoms with Crippen molar-refractivity contribution >= 4 is 28.4 Å². The molecule has 0 bridgehead atoms. The monoisotopic (exact) mass is 293 g/mol. The summed E-state index contributed by atoms with van der Waals surface area (Å²) < 4.78 is 1.29. The van der Waals surface area contributed by atoms with Crippen molar-refractivity contribution in [3.8, 4) is 0 Å². The number of aromatic nitrogens is 2. The summed E-state index contributed by atoms with van der Waals surface area (Å²) in [6.45, 7) is 4.86. The molecular weight excluding hydrogens is 278 g/mol. The van der Waals surface area contributed by atoms with E-state index in [4.69, 9.17) is 17.3 Å². The first-order chi connectivity index (χ1) is 9.26. The van der Waals surface area contributed by atoms with Gasteiger partial charge in [0.1, 0.15) is 11.4 Å². The molecule has 1 atom stereocenters. The predicted molar refractivity (Wildman–Crippen MR) is 78.8 cm³/mol. The molecule has 5 nitrogen and oxygen atoms in total. The van der Waals surface area contributed by atoms with Gasteiger partial charge in [-0.3, -0.25) is 14.2 Å². The number of rotatable bonds is 3. The number of carbonyl (C=O) groups excluding carboxylic acids is 1. The second kappa shape index (κ2) is 4.90. The summed E-state index contributed by atoms with van der Waals surface area (Å²) >= 11 is 6.12. The van der Waals surface area contributed by atoms with Crippen molar-refractivity contribution in [1.29, 1.82) is 0 Å². The predicted octanol–water partition coefficient (Wildman–Crippen LogP) is 1.92. The van der Waals surface area contributed by atoms with E-state index in [0.717, 1.165) is 0 Å². The number of carbonyl (C=O) groups is 1. The summed E-state index contributed by atoms with van der Waals surface area (Å²) in [7, 11) is 0. The molecule has 1 unspecified atom stereocenters. The molecule has 1 aromatic heterocycles. The number of amides is 1. The number of primary amides is 1. The highest BCUT2D eigenvalue weighted by Gasteiger charge is 2.32. The Kier molecular flexibility index (Phi) is 3.56. The van der Waals surface area contributed by atoms with Crippen molar-refractivity contribution in [1.82, 2.24) is 9.55 Å². The fraction of sp³-hybridized carbons (Fsp3) is 0.357. The zero-order chi connectivity index (χ0) is 15.1. The Morgan fingerprint density at radius 2 is 2.00 bits per heavy atom. The van der Waals surface area contributed by atoms with Crippen LogP contribution in [0.15, 0.2) is 29.1 Å². The maximum absolute atomic E-state index is 12.7. The van der Waals surface area contributed by atoms with Crippen molar-refractivity contribution in [2.24, 2.45) is 5.73 Å². The molecule has 2 N–H and O–H groups in total. The maximum atomic E-state index is 12.7. The first-order valence-electron chi connectivity index (χ1n) is 6.23. The summed E-state index contributed by atoms with van der Waals surface area (Å²) in [6.07, 6.45) is 0. The summed E-state index contributed by atoms with van der Waals surface area (Å²) in [4.78, 5) is 28.7. The molecule has 0 spiro atoms.